The van der Waals surface area contributed by atoms with Gasteiger partial charge >= 0.3 is 5.97 Å². The van der Waals surface area contributed by atoms with Gasteiger partial charge in [0.2, 0.25) is 0 Å². The Kier molecular flexibility index (Phi) is 16.2. The highest BCUT2D eigenvalue weighted by Gasteiger charge is 2.17. The maximum atomic E-state index is 10.6. The summed E-state index contributed by atoms with van der Waals surface area (Å²) in [5, 5.41) is 11.4. The Morgan fingerprint density at radius 1 is 1.22 bits per heavy atom. The summed E-state index contributed by atoms with van der Waals surface area (Å²) in [7, 11) is 0. The second-order valence-electron chi connectivity index (χ2n) is 5.39. The van der Waals surface area contributed by atoms with Gasteiger partial charge < -0.3 is 27.6 Å². The molecule has 0 radical (unpaired) electrons. The van der Waals surface area contributed by atoms with Crippen molar-refractivity contribution in [1.82, 2.24) is 5.32 Å². The topological polar surface area (TPSA) is 162 Å². The molecule has 23 heavy (non-hydrogen) atoms. The number of nitrogens with two attached hydrogens (primary N) is 3. The summed E-state index contributed by atoms with van der Waals surface area (Å²) >= 11 is 0. The van der Waals surface area contributed by atoms with E-state index in [9.17, 15) is 14.4 Å². The lowest BCUT2D eigenvalue weighted by Crippen LogP contribution is -2.29. The van der Waals surface area contributed by atoms with Crippen molar-refractivity contribution in [1.29, 1.82) is 0 Å². The molecule has 0 saturated carbocycles. The lowest BCUT2D eigenvalue weighted by atomic mass is 10.1. The van der Waals surface area contributed by atoms with Crippen molar-refractivity contribution in [2.45, 2.75) is 58.0 Å². The molecule has 0 aromatic heterocycles. The highest BCUT2D eigenvalue weighted by atomic mass is 16.4. The van der Waals surface area contributed by atoms with Gasteiger partial charge in [0.25, 0.3) is 0 Å². The molecule has 1 heterocycles. The summed E-state index contributed by atoms with van der Waals surface area (Å²) < 4.78 is 0. The number of Topliss-reactive ketones (excluding diaryl/α,β-unsaturated/α-hetero) is 2. The number of carboxylic acid groups (broad SMARTS) is 1. The molecule has 8 nitrogen and oxygen atoms in total. The van der Waals surface area contributed by atoms with Gasteiger partial charge in [0.15, 0.2) is 0 Å². The summed E-state index contributed by atoms with van der Waals surface area (Å²) in [6, 6.07) is -0.540. The minimum Gasteiger partial charge on any atom is -0.480 e. The molecule has 0 aromatic carbocycles. The number of rotatable bonds is 7. The van der Waals surface area contributed by atoms with Crippen molar-refractivity contribution < 1.29 is 19.5 Å². The maximum absolute atomic E-state index is 10.6. The third-order valence-electron chi connectivity index (χ3n) is 3.12. The zero-order valence-electron chi connectivity index (χ0n) is 14.2. The lowest BCUT2D eigenvalue weighted by Gasteiger charge is -2.03. The van der Waals surface area contributed by atoms with Crippen LogP contribution in [-0.4, -0.2) is 54.4 Å². The van der Waals surface area contributed by atoms with Crippen molar-refractivity contribution in [2.24, 2.45) is 17.2 Å². The fourth-order valence-electron chi connectivity index (χ4n) is 1.66. The second-order valence-corrected chi connectivity index (χ2v) is 5.39. The van der Waals surface area contributed by atoms with Gasteiger partial charge in [-0.05, 0) is 52.6 Å². The van der Waals surface area contributed by atoms with Crippen LogP contribution in [0.2, 0.25) is 0 Å². The molecule has 8 heteroatoms. The number of carbonyl (C=O) groups is 3. The SMILES string of the molecule is CC(=O)CN.CC(=O)[C@@H]1CCCN1.NCCCC[C@H](N)C(=O)O. The number of carboxylic acids is 1. The van der Waals surface area contributed by atoms with Gasteiger partial charge in [-0.1, -0.05) is 6.42 Å². The van der Waals surface area contributed by atoms with E-state index in [1.807, 2.05) is 0 Å². The van der Waals surface area contributed by atoms with E-state index in [2.05, 4.69) is 5.32 Å². The number of aliphatic carboxylic acids is 1. The van der Waals surface area contributed by atoms with Crippen LogP contribution in [0.5, 0.6) is 0 Å². The van der Waals surface area contributed by atoms with Crippen LogP contribution >= 0.6 is 0 Å². The molecule has 0 bridgehead atoms. The van der Waals surface area contributed by atoms with E-state index < -0.39 is 12.0 Å². The quantitative estimate of drug-likeness (QED) is 0.386. The van der Waals surface area contributed by atoms with Crippen LogP contribution in [0.1, 0.15) is 46.0 Å². The van der Waals surface area contributed by atoms with Gasteiger partial charge in [-0.25, -0.2) is 0 Å². The Balaban J connectivity index is 0. The molecular weight excluding hydrogens is 300 g/mol. The highest BCUT2D eigenvalue weighted by molar-refractivity contribution is 5.81. The van der Waals surface area contributed by atoms with Gasteiger partial charge in [0.1, 0.15) is 17.6 Å². The van der Waals surface area contributed by atoms with Crippen LogP contribution in [0.15, 0.2) is 0 Å². The van der Waals surface area contributed by atoms with Crippen LogP contribution in [0, 0.1) is 0 Å². The predicted octanol–water partition coefficient (Wildman–Crippen LogP) is -0.611. The summed E-state index contributed by atoms with van der Waals surface area (Å²) in [6.45, 7) is 4.89. The number of nitrogens with one attached hydrogen (secondary N) is 1. The lowest BCUT2D eigenvalue weighted by molar-refractivity contribution is -0.138. The molecule has 0 aromatic rings. The van der Waals surface area contributed by atoms with E-state index in [-0.39, 0.29) is 24.2 Å². The Morgan fingerprint density at radius 3 is 2.04 bits per heavy atom. The Hall–Kier alpha value is -1.35. The largest absolute Gasteiger partial charge is 0.480 e. The van der Waals surface area contributed by atoms with Crippen LogP contribution in [0.3, 0.4) is 0 Å². The highest BCUT2D eigenvalue weighted by Crippen LogP contribution is 2.04. The second kappa shape index (κ2) is 15.5. The molecule has 136 valence electrons. The average Bonchev–Trinajstić information content (AvgIpc) is 3.03. The van der Waals surface area contributed by atoms with Crippen molar-refractivity contribution in [3.05, 3.63) is 0 Å². The first-order valence-electron chi connectivity index (χ1n) is 7.88. The van der Waals surface area contributed by atoms with Gasteiger partial charge in [-0.3, -0.25) is 14.4 Å². The van der Waals surface area contributed by atoms with Gasteiger partial charge in [-0.15, -0.1) is 0 Å². The maximum Gasteiger partial charge on any atom is 0.320 e. The van der Waals surface area contributed by atoms with Crippen molar-refractivity contribution in [2.75, 3.05) is 19.6 Å². The minimum absolute atomic E-state index is 0.0324. The monoisotopic (exact) mass is 332 g/mol. The zero-order chi connectivity index (χ0) is 18.3. The average molecular weight is 332 g/mol. The molecule has 1 fully saturated rings. The third-order valence-corrected chi connectivity index (χ3v) is 3.12. The number of hydrogen-bond acceptors (Lipinski definition) is 7. The first kappa shape index (κ1) is 23.9. The molecular formula is C15H32N4O4. The van der Waals surface area contributed by atoms with Crippen LogP contribution in [0.25, 0.3) is 0 Å². The fraction of sp³-hybridized carbons (Fsp3) is 0.800. The minimum atomic E-state index is -0.933. The smallest absolute Gasteiger partial charge is 0.320 e. The first-order chi connectivity index (χ1) is 10.8. The van der Waals surface area contributed by atoms with Gasteiger partial charge in [-0.2, -0.15) is 0 Å². The summed E-state index contributed by atoms with van der Waals surface area (Å²) in [5.74, 6) is -0.621. The first-order valence-corrected chi connectivity index (χ1v) is 7.88. The Bertz CT molecular complexity index is 344. The molecule has 1 saturated heterocycles. The van der Waals surface area contributed by atoms with Crippen LogP contribution in [-0.2, 0) is 14.4 Å². The third kappa shape index (κ3) is 16.8. The molecule has 1 aliphatic heterocycles. The number of carbonyl (C=O) groups excluding carboxylic acids is 2. The molecule has 1 aliphatic rings. The van der Waals surface area contributed by atoms with Crippen LogP contribution in [0.4, 0.5) is 0 Å². The van der Waals surface area contributed by atoms with Crippen molar-refractivity contribution in [3.63, 3.8) is 0 Å². The Morgan fingerprint density at radius 2 is 1.78 bits per heavy atom. The molecule has 8 N–H and O–H groups in total. The number of unbranched alkanes of at least 4 members (excludes halogenated alkanes) is 1. The molecule has 0 spiro atoms. The molecule has 0 aliphatic carbocycles. The molecule has 1 rings (SSSR count). The van der Waals surface area contributed by atoms with E-state index in [1.165, 1.54) is 6.92 Å². The number of ketones is 2. The molecule has 2 atom stereocenters. The summed E-state index contributed by atoms with van der Waals surface area (Å²) in [4.78, 5) is 30.4. The predicted molar refractivity (Wildman–Crippen MR) is 90.0 cm³/mol. The van der Waals surface area contributed by atoms with Gasteiger partial charge in [0.05, 0.1) is 12.6 Å². The van der Waals surface area contributed by atoms with E-state index in [0.29, 0.717) is 13.0 Å². The fourth-order valence-corrected chi connectivity index (χ4v) is 1.66. The number of hydrogen-bond donors (Lipinski definition) is 5. The molecule has 0 amide bonds. The summed E-state index contributed by atoms with van der Waals surface area (Å²) in [6.07, 6.45) is 4.36. The zero-order valence-corrected chi connectivity index (χ0v) is 14.2. The van der Waals surface area contributed by atoms with E-state index in [4.69, 9.17) is 22.3 Å². The van der Waals surface area contributed by atoms with Crippen molar-refractivity contribution in [3.8, 4) is 0 Å². The Labute approximate surface area is 138 Å². The van der Waals surface area contributed by atoms with E-state index in [1.54, 1.807) is 6.92 Å². The van der Waals surface area contributed by atoms with E-state index >= 15 is 0 Å². The van der Waals surface area contributed by atoms with Crippen LogP contribution < -0.4 is 22.5 Å². The summed E-state index contributed by atoms with van der Waals surface area (Å²) in [5.41, 5.74) is 15.2. The molecule has 0 unspecified atom stereocenters. The van der Waals surface area contributed by atoms with Crippen molar-refractivity contribution >= 4 is 17.5 Å². The normalized spacial score (nSPS) is 17.2. The van der Waals surface area contributed by atoms with Gasteiger partial charge in [0, 0.05) is 0 Å². The van der Waals surface area contributed by atoms with E-state index in [0.717, 1.165) is 32.2 Å². The standard InChI is InChI=1S/C6H14N2O2.C6H11NO.C3H7NO/c7-4-2-1-3-5(8)6(9)10;1-5(8)6-3-2-4-7-6;1-3(5)2-4/h5H,1-4,7-8H2,(H,9,10);6-7H,2-4H2,1H3;2,4H2,1H3/t5-;6-;/m00./s1.